The molecule has 0 aliphatic carbocycles. The highest BCUT2D eigenvalue weighted by Crippen LogP contribution is 2.31. The molecule has 156 valence electrons. The summed E-state index contributed by atoms with van der Waals surface area (Å²) in [4.78, 5) is 40.2. The molecule has 0 amide bonds. The maximum Gasteiger partial charge on any atom is 0.338 e. The minimum Gasteiger partial charge on any atom is -0.462 e. The predicted molar refractivity (Wildman–Crippen MR) is 112 cm³/mol. The topological polar surface area (TPSA) is 110 Å². The molecule has 0 atom stereocenters. The quantitative estimate of drug-likeness (QED) is 0.277. The second-order valence-corrected chi connectivity index (χ2v) is 7.24. The second-order valence-electron chi connectivity index (χ2n) is 7.24. The van der Waals surface area contributed by atoms with Gasteiger partial charge in [0.1, 0.15) is 5.69 Å². The van der Waals surface area contributed by atoms with Crippen LogP contribution in [0.1, 0.15) is 29.6 Å². The van der Waals surface area contributed by atoms with Gasteiger partial charge in [-0.2, -0.15) is 0 Å². The highest BCUT2D eigenvalue weighted by molar-refractivity contribution is 5.91. The molecule has 0 saturated carbocycles. The summed E-state index contributed by atoms with van der Waals surface area (Å²) < 4.78 is 6.87. The summed E-state index contributed by atoms with van der Waals surface area (Å²) in [6.45, 7) is 2.05. The number of ether oxygens (including phenoxy) is 1. The number of rotatable bonds is 7. The normalized spacial score (nSPS) is 13.7. The van der Waals surface area contributed by atoms with Gasteiger partial charge in [-0.3, -0.25) is 14.7 Å². The van der Waals surface area contributed by atoms with Crippen LogP contribution in [0.5, 0.6) is 0 Å². The number of para-hydroxylation sites is 2. The zero-order valence-electron chi connectivity index (χ0n) is 16.4. The van der Waals surface area contributed by atoms with Crippen molar-refractivity contribution < 1.29 is 14.5 Å². The number of benzene rings is 2. The number of aryl methyl sites for hydroxylation is 1. The van der Waals surface area contributed by atoms with E-state index in [1.807, 2.05) is 29.2 Å². The SMILES string of the molecule is O=C(OCCCn1c(=O)[nH]c2ccccc21)c1ccc(N2CCCC2)c([N+](=O)[O-])c1. The average molecular weight is 410 g/mol. The maximum absolute atomic E-state index is 12.4. The maximum atomic E-state index is 12.4. The number of nitro benzene ring substituents is 1. The lowest BCUT2D eigenvalue weighted by atomic mass is 10.1. The number of nitrogens with zero attached hydrogens (tertiary/aromatic N) is 3. The Balaban J connectivity index is 1.39. The van der Waals surface area contributed by atoms with Crippen LogP contribution in [0, 0.1) is 10.1 Å². The molecule has 1 aromatic heterocycles. The first-order valence-corrected chi connectivity index (χ1v) is 9.92. The van der Waals surface area contributed by atoms with Gasteiger partial charge < -0.3 is 14.6 Å². The van der Waals surface area contributed by atoms with Crippen LogP contribution in [0.2, 0.25) is 0 Å². The van der Waals surface area contributed by atoms with Crippen molar-refractivity contribution in [3.8, 4) is 0 Å². The van der Waals surface area contributed by atoms with E-state index in [0.717, 1.165) is 37.0 Å². The number of esters is 1. The molecule has 0 radical (unpaired) electrons. The van der Waals surface area contributed by atoms with E-state index in [0.29, 0.717) is 18.7 Å². The smallest absolute Gasteiger partial charge is 0.338 e. The van der Waals surface area contributed by atoms with Gasteiger partial charge in [0.25, 0.3) is 5.69 Å². The summed E-state index contributed by atoms with van der Waals surface area (Å²) in [6.07, 6.45) is 2.45. The van der Waals surface area contributed by atoms with Crippen LogP contribution in [0.3, 0.4) is 0 Å². The van der Waals surface area contributed by atoms with Crippen molar-refractivity contribution >= 4 is 28.4 Å². The number of nitrogens with one attached hydrogen (secondary N) is 1. The molecule has 3 aromatic rings. The van der Waals surface area contributed by atoms with Crippen LogP contribution in [-0.2, 0) is 11.3 Å². The Morgan fingerprint density at radius 1 is 1.17 bits per heavy atom. The number of hydrogen-bond donors (Lipinski definition) is 1. The molecule has 30 heavy (non-hydrogen) atoms. The number of nitro groups is 1. The number of carbonyl (C=O) groups excluding carboxylic acids is 1. The lowest BCUT2D eigenvalue weighted by molar-refractivity contribution is -0.384. The first-order valence-electron chi connectivity index (χ1n) is 9.92. The Labute approximate surface area is 172 Å². The van der Waals surface area contributed by atoms with E-state index in [2.05, 4.69) is 4.98 Å². The summed E-state index contributed by atoms with van der Waals surface area (Å²) in [5, 5.41) is 11.5. The molecule has 9 nitrogen and oxygen atoms in total. The summed E-state index contributed by atoms with van der Waals surface area (Å²) >= 11 is 0. The lowest BCUT2D eigenvalue weighted by Crippen LogP contribution is -2.19. The van der Waals surface area contributed by atoms with Crippen molar-refractivity contribution in [1.29, 1.82) is 0 Å². The molecule has 4 rings (SSSR count). The van der Waals surface area contributed by atoms with E-state index in [1.165, 1.54) is 6.07 Å². The fourth-order valence-electron chi connectivity index (χ4n) is 3.82. The minimum absolute atomic E-state index is 0.0864. The standard InChI is InChI=1S/C21H22N4O5/c26-20(15-8-9-18(19(14-15)25(28)29)23-10-3-4-11-23)30-13-5-12-24-17-7-2-1-6-16(17)22-21(24)27/h1-2,6-9,14H,3-5,10-13H2,(H,22,27). The van der Waals surface area contributed by atoms with Gasteiger partial charge in [0.2, 0.25) is 0 Å². The Bertz CT molecular complexity index is 1140. The van der Waals surface area contributed by atoms with Crippen molar-refractivity contribution in [1.82, 2.24) is 9.55 Å². The zero-order valence-corrected chi connectivity index (χ0v) is 16.4. The molecule has 2 aromatic carbocycles. The van der Waals surface area contributed by atoms with Crippen LogP contribution in [0.15, 0.2) is 47.3 Å². The molecule has 1 aliphatic heterocycles. The van der Waals surface area contributed by atoms with E-state index in [9.17, 15) is 19.7 Å². The average Bonchev–Trinajstić information content (AvgIpc) is 3.38. The predicted octanol–water partition coefficient (Wildman–Crippen LogP) is 3.09. The van der Waals surface area contributed by atoms with Crippen LogP contribution >= 0.6 is 0 Å². The molecule has 1 N–H and O–H groups in total. The van der Waals surface area contributed by atoms with Gasteiger partial charge >= 0.3 is 11.7 Å². The monoisotopic (exact) mass is 410 g/mol. The highest BCUT2D eigenvalue weighted by atomic mass is 16.6. The van der Waals surface area contributed by atoms with Crippen molar-refractivity contribution in [2.75, 3.05) is 24.6 Å². The number of fused-ring (bicyclic) bond motifs is 1. The molecule has 0 unspecified atom stereocenters. The number of anilines is 1. The fraction of sp³-hybridized carbons (Fsp3) is 0.333. The lowest BCUT2D eigenvalue weighted by Gasteiger charge is -2.17. The van der Waals surface area contributed by atoms with E-state index >= 15 is 0 Å². The third-order valence-electron chi connectivity index (χ3n) is 5.30. The number of H-pyrrole nitrogens is 1. The van der Waals surface area contributed by atoms with Crippen molar-refractivity contribution in [2.45, 2.75) is 25.8 Å². The van der Waals surface area contributed by atoms with Gasteiger partial charge in [-0.1, -0.05) is 12.1 Å². The van der Waals surface area contributed by atoms with Gasteiger partial charge in [0, 0.05) is 25.7 Å². The summed E-state index contributed by atoms with van der Waals surface area (Å²) in [5.74, 6) is -0.614. The number of hydrogen-bond acceptors (Lipinski definition) is 6. The summed E-state index contributed by atoms with van der Waals surface area (Å²) in [7, 11) is 0. The molecule has 1 aliphatic rings. The van der Waals surface area contributed by atoms with Gasteiger partial charge in [-0.05, 0) is 43.5 Å². The largest absolute Gasteiger partial charge is 0.462 e. The van der Waals surface area contributed by atoms with Gasteiger partial charge in [0.05, 0.1) is 28.1 Å². The van der Waals surface area contributed by atoms with Crippen LogP contribution in [0.25, 0.3) is 11.0 Å². The van der Waals surface area contributed by atoms with E-state index in [-0.39, 0.29) is 23.5 Å². The first-order chi connectivity index (χ1) is 14.5. The second kappa shape index (κ2) is 8.40. The molecule has 9 heteroatoms. The zero-order chi connectivity index (χ0) is 21.1. The summed E-state index contributed by atoms with van der Waals surface area (Å²) in [6, 6.07) is 11.8. The van der Waals surface area contributed by atoms with Crippen LogP contribution in [0.4, 0.5) is 11.4 Å². The number of aromatic amines is 1. The van der Waals surface area contributed by atoms with Crippen LogP contribution < -0.4 is 10.6 Å². The van der Waals surface area contributed by atoms with Gasteiger partial charge in [-0.25, -0.2) is 9.59 Å². The van der Waals surface area contributed by atoms with Gasteiger partial charge in [-0.15, -0.1) is 0 Å². The van der Waals surface area contributed by atoms with Crippen LogP contribution in [-0.4, -0.2) is 40.1 Å². The summed E-state index contributed by atoms with van der Waals surface area (Å²) in [5.41, 5.74) is 1.93. The minimum atomic E-state index is -0.614. The molecular weight excluding hydrogens is 388 g/mol. The van der Waals surface area contributed by atoms with E-state index < -0.39 is 10.9 Å². The Morgan fingerprint density at radius 2 is 1.93 bits per heavy atom. The first kappa shape index (κ1) is 19.7. The van der Waals surface area contributed by atoms with Crippen molar-refractivity contribution in [3.63, 3.8) is 0 Å². The molecule has 2 heterocycles. The third kappa shape index (κ3) is 3.91. The molecule has 1 saturated heterocycles. The Hall–Kier alpha value is -3.62. The van der Waals surface area contributed by atoms with Gasteiger partial charge in [0.15, 0.2) is 0 Å². The Morgan fingerprint density at radius 3 is 2.70 bits per heavy atom. The van der Waals surface area contributed by atoms with Crippen molar-refractivity contribution in [2.24, 2.45) is 0 Å². The van der Waals surface area contributed by atoms with Crippen molar-refractivity contribution in [3.05, 3.63) is 68.6 Å². The number of imidazole rings is 1. The molecule has 0 spiro atoms. The Kier molecular flexibility index (Phi) is 5.51. The fourth-order valence-corrected chi connectivity index (χ4v) is 3.82. The van der Waals surface area contributed by atoms with E-state index in [4.69, 9.17) is 4.74 Å². The third-order valence-corrected chi connectivity index (χ3v) is 5.30. The molecule has 1 fully saturated rings. The molecule has 0 bridgehead atoms. The molecular formula is C21H22N4O5. The van der Waals surface area contributed by atoms with E-state index in [1.54, 1.807) is 16.7 Å². The highest BCUT2D eigenvalue weighted by Gasteiger charge is 2.24. The number of aromatic nitrogens is 2. The number of carbonyl (C=O) groups is 1.